The summed E-state index contributed by atoms with van der Waals surface area (Å²) in [5.41, 5.74) is 15.9. The molecular weight excluding hydrogens is 673 g/mol. The van der Waals surface area contributed by atoms with Crippen molar-refractivity contribution >= 4 is 58.3 Å². The number of β-lactam (4-membered cyclic amide) rings is 1. The summed E-state index contributed by atoms with van der Waals surface area (Å²) < 4.78 is 11.4. The molecule has 5 rings (SSSR count). The molecule has 254 valence electrons. The first-order valence-corrected chi connectivity index (χ1v) is 16.8. The topological polar surface area (TPSA) is 219 Å². The summed E-state index contributed by atoms with van der Waals surface area (Å²) in [6.07, 6.45) is -0.540. The Kier molecular flexibility index (Phi) is 10.6. The number of nitrogen functional groups attached to an aromatic ring is 1. The van der Waals surface area contributed by atoms with Crippen molar-refractivity contribution < 1.29 is 33.4 Å². The minimum atomic E-state index is -1.45. The monoisotopic (exact) mass is 704 g/mol. The summed E-state index contributed by atoms with van der Waals surface area (Å²) in [6.45, 7) is 4.86. The third kappa shape index (κ3) is 7.69. The van der Waals surface area contributed by atoms with Crippen molar-refractivity contribution in [3.05, 3.63) is 104 Å². The van der Waals surface area contributed by atoms with Crippen LogP contribution >= 0.6 is 23.1 Å². The number of hydrogen-bond acceptors (Lipinski definition) is 12. The second-order valence-electron chi connectivity index (χ2n) is 11.8. The number of rotatable bonds is 12. The van der Waals surface area contributed by atoms with Gasteiger partial charge in [0.2, 0.25) is 17.3 Å². The molecule has 17 heteroatoms. The van der Waals surface area contributed by atoms with Gasteiger partial charge in [-0.25, -0.2) is 14.6 Å². The van der Waals surface area contributed by atoms with E-state index < -0.39 is 52.9 Å². The van der Waals surface area contributed by atoms with Gasteiger partial charge in [0, 0.05) is 10.7 Å². The number of esters is 2. The van der Waals surface area contributed by atoms with Gasteiger partial charge in [-0.1, -0.05) is 77.1 Å². The molecule has 0 saturated carbocycles. The number of ether oxygens (including phenoxy) is 2. The van der Waals surface area contributed by atoms with Gasteiger partial charge < -0.3 is 25.8 Å². The Balaban J connectivity index is 1.38. The normalized spacial score (nSPS) is 17.6. The van der Waals surface area contributed by atoms with Gasteiger partial charge in [0.1, 0.15) is 33.4 Å². The van der Waals surface area contributed by atoms with Crippen LogP contribution in [-0.2, 0) is 28.7 Å². The molecular formula is C32H32N8O7S2. The van der Waals surface area contributed by atoms with Crippen molar-refractivity contribution in [3.63, 3.8) is 0 Å². The molecule has 2 aromatic carbocycles. The zero-order valence-electron chi connectivity index (χ0n) is 26.6. The molecule has 1 aromatic heterocycles. The molecule has 3 heterocycles. The SMILES string of the molecule is CC(C)(C)OC(=O)c1nc([C@H](NC=O)C(=O)N[C@@H]2C(=O)N3C(C(=O)OC(c4ccccc4)c4ccccc4)=C(CN=[N+]=[N-])CS[C@H]23)c(N)s1. The fourth-order valence-corrected chi connectivity index (χ4v) is 7.28. The minimum Gasteiger partial charge on any atom is -0.455 e. The third-order valence-electron chi connectivity index (χ3n) is 7.32. The second kappa shape index (κ2) is 14.8. The Labute approximate surface area is 288 Å². The smallest absolute Gasteiger partial charge is 0.368 e. The first-order chi connectivity index (χ1) is 23.4. The molecule has 49 heavy (non-hydrogen) atoms. The number of anilines is 1. The van der Waals surface area contributed by atoms with Gasteiger partial charge in [-0.05, 0) is 43.0 Å². The van der Waals surface area contributed by atoms with Crippen LogP contribution in [0.2, 0.25) is 0 Å². The summed E-state index contributed by atoms with van der Waals surface area (Å²) in [7, 11) is 0. The molecule has 15 nitrogen and oxygen atoms in total. The van der Waals surface area contributed by atoms with E-state index in [1.54, 1.807) is 20.8 Å². The number of thiazole rings is 1. The first kappa shape index (κ1) is 34.9. The average molecular weight is 705 g/mol. The Morgan fingerprint density at radius 2 is 1.76 bits per heavy atom. The zero-order valence-corrected chi connectivity index (χ0v) is 28.2. The van der Waals surface area contributed by atoms with Crippen molar-refractivity contribution in [2.24, 2.45) is 5.11 Å². The van der Waals surface area contributed by atoms with Crippen LogP contribution in [0.3, 0.4) is 0 Å². The zero-order chi connectivity index (χ0) is 35.3. The van der Waals surface area contributed by atoms with E-state index in [4.69, 9.17) is 20.7 Å². The lowest BCUT2D eigenvalue weighted by atomic mass is 10.0. The number of aromatic nitrogens is 1. The maximum atomic E-state index is 13.9. The molecule has 0 unspecified atom stereocenters. The molecule has 0 spiro atoms. The first-order valence-electron chi connectivity index (χ1n) is 14.9. The highest BCUT2D eigenvalue weighted by Gasteiger charge is 2.55. The third-order valence-corrected chi connectivity index (χ3v) is 9.54. The van der Waals surface area contributed by atoms with E-state index in [1.165, 1.54) is 16.7 Å². The number of azide groups is 1. The lowest BCUT2D eigenvalue weighted by Gasteiger charge is -2.50. The number of nitrogens with one attached hydrogen (secondary N) is 2. The quantitative estimate of drug-likeness (QED) is 0.0619. The van der Waals surface area contributed by atoms with Crippen LogP contribution in [0.4, 0.5) is 5.00 Å². The van der Waals surface area contributed by atoms with E-state index in [-0.39, 0.29) is 40.1 Å². The molecule has 3 amide bonds. The molecule has 1 saturated heterocycles. The number of hydrogen-bond donors (Lipinski definition) is 3. The van der Waals surface area contributed by atoms with E-state index in [0.717, 1.165) is 11.3 Å². The number of carbonyl (C=O) groups is 5. The fourth-order valence-electron chi connectivity index (χ4n) is 5.20. The van der Waals surface area contributed by atoms with Gasteiger partial charge in [0.05, 0.1) is 6.54 Å². The molecule has 0 bridgehead atoms. The number of benzene rings is 2. The Morgan fingerprint density at radius 3 is 2.33 bits per heavy atom. The maximum absolute atomic E-state index is 13.9. The van der Waals surface area contributed by atoms with Crippen LogP contribution in [0.1, 0.15) is 59.5 Å². The number of thioether (sulfide) groups is 1. The molecule has 3 aromatic rings. The van der Waals surface area contributed by atoms with E-state index in [0.29, 0.717) is 16.7 Å². The average Bonchev–Trinajstić information content (AvgIpc) is 3.47. The standard InChI is InChI=1S/C32H32N8O7S2/c1-32(2,3)47-31(45)27-38-20(25(33)49-27)21(35-16-41)26(42)37-22-28(43)40-23(19(14-36-39-34)15-48-29(22)40)30(44)46-24(17-10-6-4-7-11-17)18-12-8-5-9-13-18/h4-13,16,21-22,24,29H,14-15,33H2,1-3H3,(H,35,41)(H,37,42)/t21-,22+,29+/m0/s1. The maximum Gasteiger partial charge on any atom is 0.368 e. The Morgan fingerprint density at radius 1 is 1.12 bits per heavy atom. The van der Waals surface area contributed by atoms with Gasteiger partial charge in [-0.15, -0.1) is 11.8 Å². The molecule has 1 fully saturated rings. The lowest BCUT2D eigenvalue weighted by molar-refractivity contribution is -0.155. The Bertz CT molecular complexity index is 1800. The predicted molar refractivity (Wildman–Crippen MR) is 181 cm³/mol. The molecule has 3 atom stereocenters. The van der Waals surface area contributed by atoms with E-state index in [9.17, 15) is 24.0 Å². The van der Waals surface area contributed by atoms with Crippen LogP contribution in [0.25, 0.3) is 10.4 Å². The summed E-state index contributed by atoms with van der Waals surface area (Å²) in [4.78, 5) is 73.4. The molecule has 0 aliphatic carbocycles. The number of nitrogens with two attached hydrogens (primary N) is 1. The van der Waals surface area contributed by atoms with Crippen molar-refractivity contribution in [2.45, 2.75) is 49.9 Å². The molecule has 2 aliphatic rings. The van der Waals surface area contributed by atoms with Crippen molar-refractivity contribution in [1.82, 2.24) is 20.5 Å². The number of amides is 3. The minimum absolute atomic E-state index is 0.00833. The van der Waals surface area contributed by atoms with Gasteiger partial charge in [-0.2, -0.15) is 0 Å². The number of carbonyl (C=O) groups excluding carboxylic acids is 5. The molecule has 2 aliphatic heterocycles. The lowest BCUT2D eigenvalue weighted by Crippen LogP contribution is -2.71. The van der Waals surface area contributed by atoms with Crippen molar-refractivity contribution in [2.75, 3.05) is 18.0 Å². The molecule has 0 radical (unpaired) electrons. The largest absolute Gasteiger partial charge is 0.455 e. The van der Waals surface area contributed by atoms with E-state index in [1.807, 2.05) is 60.7 Å². The highest BCUT2D eigenvalue weighted by molar-refractivity contribution is 8.00. The van der Waals surface area contributed by atoms with Crippen LogP contribution in [0.15, 0.2) is 77.0 Å². The van der Waals surface area contributed by atoms with Gasteiger partial charge in [0.25, 0.3) is 5.91 Å². The van der Waals surface area contributed by atoms with Gasteiger partial charge >= 0.3 is 11.9 Å². The Hall–Kier alpha value is -5.38. The highest BCUT2D eigenvalue weighted by atomic mass is 32.2. The van der Waals surface area contributed by atoms with E-state index >= 15 is 0 Å². The highest BCUT2D eigenvalue weighted by Crippen LogP contribution is 2.42. The summed E-state index contributed by atoms with van der Waals surface area (Å²) in [6, 6.07) is 15.6. The summed E-state index contributed by atoms with van der Waals surface area (Å²) in [5.74, 6) is -2.82. The van der Waals surface area contributed by atoms with Crippen LogP contribution in [-0.4, -0.2) is 69.4 Å². The fraction of sp³-hybridized carbons (Fsp3) is 0.312. The van der Waals surface area contributed by atoms with Crippen molar-refractivity contribution in [3.8, 4) is 0 Å². The van der Waals surface area contributed by atoms with Gasteiger partial charge in [-0.3, -0.25) is 19.3 Å². The summed E-state index contributed by atoms with van der Waals surface area (Å²) >= 11 is 2.04. The van der Waals surface area contributed by atoms with E-state index in [2.05, 4.69) is 25.6 Å². The van der Waals surface area contributed by atoms with Crippen molar-refractivity contribution in [1.29, 1.82) is 0 Å². The van der Waals surface area contributed by atoms with Crippen LogP contribution in [0.5, 0.6) is 0 Å². The van der Waals surface area contributed by atoms with Crippen LogP contribution < -0.4 is 16.4 Å². The van der Waals surface area contributed by atoms with Gasteiger partial charge in [0.15, 0.2) is 12.1 Å². The number of nitrogens with zero attached hydrogens (tertiary/aromatic N) is 5. The molecule has 4 N–H and O–H groups in total. The number of fused-ring (bicyclic) bond motifs is 1. The second-order valence-corrected chi connectivity index (χ2v) is 14.0. The summed E-state index contributed by atoms with van der Waals surface area (Å²) in [5, 5.41) is 7.73. The van der Waals surface area contributed by atoms with Crippen LogP contribution in [0, 0.1) is 0 Å². The predicted octanol–water partition coefficient (Wildman–Crippen LogP) is 3.76.